The van der Waals surface area contributed by atoms with E-state index in [1.165, 1.54) is 42.5 Å². The van der Waals surface area contributed by atoms with Crippen LogP contribution < -0.4 is 11.5 Å². The predicted molar refractivity (Wildman–Crippen MR) is 107 cm³/mol. The van der Waals surface area contributed by atoms with E-state index in [0.717, 1.165) is 35.6 Å². The highest BCUT2D eigenvalue weighted by Crippen LogP contribution is 2.37. The molecular weight excluding hydrogens is 354 g/mol. The number of halogens is 1. The molecule has 2 aromatic rings. The first-order valence-corrected chi connectivity index (χ1v) is 9.99. The van der Waals surface area contributed by atoms with Crippen molar-refractivity contribution in [1.29, 1.82) is 0 Å². The fourth-order valence-electron chi connectivity index (χ4n) is 4.40. The van der Waals surface area contributed by atoms with E-state index in [4.69, 9.17) is 16.5 Å². The number of thiophene rings is 1. The van der Waals surface area contributed by atoms with Crippen molar-refractivity contribution in [3.63, 3.8) is 0 Å². The highest BCUT2D eigenvalue weighted by Gasteiger charge is 2.28. The number of anilines is 1. The summed E-state index contributed by atoms with van der Waals surface area (Å²) in [6, 6.07) is 0.427. The van der Waals surface area contributed by atoms with Gasteiger partial charge in [0.05, 0.1) is 11.9 Å². The first-order valence-electron chi connectivity index (χ1n) is 9.18. The van der Waals surface area contributed by atoms with Gasteiger partial charge in [0.2, 0.25) is 0 Å². The lowest BCUT2D eigenvalue weighted by Gasteiger charge is -2.39. The number of hydrogen-bond donors (Lipinski definition) is 2. The molecule has 0 radical (unpaired) electrons. The fourth-order valence-corrected chi connectivity index (χ4v) is 5.68. The molecule has 0 bridgehead atoms. The normalized spacial score (nSPS) is 24.1. The molecule has 0 saturated carbocycles. The van der Waals surface area contributed by atoms with Gasteiger partial charge in [0.15, 0.2) is 0 Å². The van der Waals surface area contributed by atoms with Crippen molar-refractivity contribution >= 4 is 39.8 Å². The maximum Gasteiger partial charge on any atom is 0.146 e. The number of nitrogens with two attached hydrogens (primary N) is 2. The second-order valence-electron chi connectivity index (χ2n) is 7.31. The van der Waals surface area contributed by atoms with Gasteiger partial charge in [0.1, 0.15) is 16.5 Å². The number of fused-ring (bicyclic) bond motifs is 3. The highest BCUT2D eigenvalue weighted by molar-refractivity contribution is 7.19. The van der Waals surface area contributed by atoms with Gasteiger partial charge in [-0.3, -0.25) is 4.90 Å². The van der Waals surface area contributed by atoms with Crippen LogP contribution in [0, 0.1) is 5.92 Å². The second-order valence-corrected chi connectivity index (χ2v) is 8.39. The van der Waals surface area contributed by atoms with Gasteiger partial charge in [0.25, 0.3) is 0 Å². The summed E-state index contributed by atoms with van der Waals surface area (Å²) in [5.41, 5.74) is 13.8. The van der Waals surface area contributed by atoms with Gasteiger partial charge in [0, 0.05) is 17.5 Å². The second kappa shape index (κ2) is 7.74. The highest BCUT2D eigenvalue weighted by atomic mass is 35.5. The van der Waals surface area contributed by atoms with Crippen LogP contribution in [0.25, 0.3) is 10.2 Å². The fraction of sp³-hybridized carbons (Fsp3) is 0.667. The Morgan fingerprint density at radius 2 is 2.00 bits per heavy atom. The van der Waals surface area contributed by atoms with Crippen LogP contribution in [0.4, 0.5) is 5.82 Å². The molecule has 1 aliphatic heterocycles. The van der Waals surface area contributed by atoms with Gasteiger partial charge >= 0.3 is 0 Å². The van der Waals surface area contributed by atoms with Crippen molar-refractivity contribution < 1.29 is 0 Å². The molecule has 1 saturated heterocycles. The Hall–Kier alpha value is -0.950. The summed E-state index contributed by atoms with van der Waals surface area (Å²) in [4.78, 5) is 14.5. The summed E-state index contributed by atoms with van der Waals surface area (Å²) in [5, 5.41) is 1.13. The molecule has 2 unspecified atom stereocenters. The summed E-state index contributed by atoms with van der Waals surface area (Å²) < 4.78 is 0. The van der Waals surface area contributed by atoms with E-state index < -0.39 is 0 Å². The van der Waals surface area contributed by atoms with E-state index in [-0.39, 0.29) is 12.4 Å². The van der Waals surface area contributed by atoms with Crippen molar-refractivity contribution in [2.75, 3.05) is 18.8 Å². The minimum atomic E-state index is 0. The number of rotatable bonds is 3. The number of piperidine rings is 1. The Morgan fingerprint density at radius 1 is 1.20 bits per heavy atom. The zero-order valence-corrected chi connectivity index (χ0v) is 16.5. The minimum Gasteiger partial charge on any atom is -0.383 e. The lowest BCUT2D eigenvalue weighted by Crippen LogP contribution is -2.48. The molecule has 138 valence electrons. The average molecular weight is 382 g/mol. The van der Waals surface area contributed by atoms with Crippen LogP contribution in [0.1, 0.15) is 48.9 Å². The largest absolute Gasteiger partial charge is 0.383 e. The number of likely N-dealkylation sites (tertiary alicyclic amines) is 1. The van der Waals surface area contributed by atoms with Gasteiger partial charge < -0.3 is 11.5 Å². The van der Waals surface area contributed by atoms with Crippen LogP contribution in [0.15, 0.2) is 0 Å². The number of nitrogens with zero attached hydrogens (tertiary/aromatic N) is 3. The van der Waals surface area contributed by atoms with Crippen LogP contribution >= 0.6 is 23.7 Å². The smallest absolute Gasteiger partial charge is 0.146 e. The van der Waals surface area contributed by atoms with Crippen molar-refractivity contribution in [3.8, 4) is 0 Å². The van der Waals surface area contributed by atoms with Gasteiger partial charge in [-0.25, -0.2) is 9.97 Å². The Balaban J connectivity index is 0.00000182. The van der Waals surface area contributed by atoms with Gasteiger partial charge in [-0.1, -0.05) is 6.92 Å². The maximum absolute atomic E-state index is 6.34. The molecule has 25 heavy (non-hydrogen) atoms. The van der Waals surface area contributed by atoms with Gasteiger partial charge in [-0.05, 0) is 56.6 Å². The van der Waals surface area contributed by atoms with Gasteiger partial charge in [-0.2, -0.15) is 0 Å². The first kappa shape index (κ1) is 18.8. The third-order valence-electron chi connectivity index (χ3n) is 5.71. The third-order valence-corrected chi connectivity index (χ3v) is 6.89. The molecule has 0 spiro atoms. The number of hydrogen-bond acceptors (Lipinski definition) is 6. The maximum atomic E-state index is 6.34. The molecule has 1 fully saturated rings. The number of aryl methyl sites for hydroxylation is 2. The Kier molecular flexibility index (Phi) is 5.83. The molecule has 4 N–H and O–H groups in total. The summed E-state index contributed by atoms with van der Waals surface area (Å²) in [7, 11) is 0. The molecule has 3 heterocycles. The molecular formula is C18H28ClN5S. The van der Waals surface area contributed by atoms with E-state index in [1.807, 2.05) is 11.3 Å². The summed E-state index contributed by atoms with van der Waals surface area (Å²) in [6.07, 6.45) is 7.32. The third kappa shape index (κ3) is 3.50. The molecule has 2 aliphatic rings. The lowest BCUT2D eigenvalue weighted by molar-refractivity contribution is 0.0965. The number of aromatic nitrogens is 2. The lowest BCUT2D eigenvalue weighted by atomic mass is 9.91. The Bertz CT molecular complexity index is 747. The average Bonchev–Trinajstić information content (AvgIpc) is 2.93. The van der Waals surface area contributed by atoms with Crippen LogP contribution in [-0.2, 0) is 19.4 Å². The van der Waals surface area contributed by atoms with Crippen molar-refractivity contribution in [2.45, 2.75) is 58.0 Å². The van der Waals surface area contributed by atoms with Crippen LogP contribution in [0.5, 0.6) is 0 Å². The van der Waals surface area contributed by atoms with Crippen molar-refractivity contribution in [2.24, 2.45) is 11.7 Å². The molecule has 2 aromatic heterocycles. The molecule has 2 atom stereocenters. The zero-order chi connectivity index (χ0) is 16.7. The molecule has 7 heteroatoms. The van der Waals surface area contributed by atoms with Crippen molar-refractivity contribution in [1.82, 2.24) is 14.9 Å². The van der Waals surface area contributed by atoms with E-state index in [1.54, 1.807) is 0 Å². The summed E-state index contributed by atoms with van der Waals surface area (Å²) in [5.74, 6) is 2.16. The van der Waals surface area contributed by atoms with Crippen molar-refractivity contribution in [3.05, 3.63) is 16.3 Å². The SMILES string of the molecule is CC1CCCN(Cc2nc(N)c3c4c(sc3n2)CCCC4)C1CN.Cl. The van der Waals surface area contributed by atoms with E-state index in [9.17, 15) is 0 Å². The zero-order valence-electron chi connectivity index (χ0n) is 14.8. The minimum absolute atomic E-state index is 0. The van der Waals surface area contributed by atoms with E-state index >= 15 is 0 Å². The van der Waals surface area contributed by atoms with Gasteiger partial charge in [-0.15, -0.1) is 23.7 Å². The topological polar surface area (TPSA) is 81.1 Å². The summed E-state index contributed by atoms with van der Waals surface area (Å²) in [6.45, 7) is 4.84. The quantitative estimate of drug-likeness (QED) is 0.853. The molecule has 4 rings (SSSR count). The first-order chi connectivity index (χ1) is 11.7. The van der Waals surface area contributed by atoms with Crippen LogP contribution in [-0.4, -0.2) is 34.0 Å². The van der Waals surface area contributed by atoms with Crippen LogP contribution in [0.2, 0.25) is 0 Å². The molecule has 5 nitrogen and oxygen atoms in total. The predicted octanol–water partition coefficient (Wildman–Crippen LogP) is 3.13. The monoisotopic (exact) mass is 381 g/mol. The summed E-state index contributed by atoms with van der Waals surface area (Å²) >= 11 is 1.82. The Labute approximate surface area is 159 Å². The van der Waals surface area contributed by atoms with E-state index in [0.29, 0.717) is 24.3 Å². The standard InChI is InChI=1S/C18H27N5S.ClH/c1-11-5-4-8-23(13(11)9-19)10-15-21-17(20)16-12-6-2-3-7-14(12)24-18(16)22-15;/h11,13H,2-10,19H2,1H3,(H2,20,21,22);1H. The molecule has 1 aliphatic carbocycles. The van der Waals surface area contributed by atoms with E-state index in [2.05, 4.69) is 16.8 Å². The number of nitrogen functional groups attached to an aromatic ring is 1. The molecule has 0 aromatic carbocycles. The Morgan fingerprint density at radius 3 is 2.80 bits per heavy atom. The van der Waals surface area contributed by atoms with Crippen LogP contribution in [0.3, 0.4) is 0 Å². The molecule has 0 amide bonds.